The second-order valence-electron chi connectivity index (χ2n) is 9.22. The number of carbonyl (C=O) groups is 3. The molecule has 0 saturated heterocycles. The van der Waals surface area contributed by atoms with E-state index in [-0.39, 0.29) is 24.3 Å². The predicted octanol–water partition coefficient (Wildman–Crippen LogP) is 4.24. The molecule has 3 aromatic rings. The topological polar surface area (TPSA) is 105 Å². The highest BCUT2D eigenvalue weighted by molar-refractivity contribution is 6.04. The molecule has 2 aromatic heterocycles. The van der Waals surface area contributed by atoms with Crippen LogP contribution in [0.25, 0.3) is 0 Å². The fraction of sp³-hybridized carbons (Fsp3) is 0.357. The quantitative estimate of drug-likeness (QED) is 0.493. The molecular weight excluding hydrogens is 456 g/mol. The highest BCUT2D eigenvalue weighted by Gasteiger charge is 2.34. The Bertz CT molecular complexity index is 1190. The van der Waals surface area contributed by atoms with Gasteiger partial charge >= 0.3 is 0 Å². The van der Waals surface area contributed by atoms with Gasteiger partial charge in [-0.15, -0.1) is 0 Å². The van der Waals surface area contributed by atoms with Gasteiger partial charge in [0.05, 0.1) is 12.8 Å². The third kappa shape index (κ3) is 6.00. The molecule has 1 aliphatic rings. The first-order chi connectivity index (χ1) is 17.4. The smallest absolute Gasteiger partial charge is 0.287 e. The Labute approximate surface area is 211 Å². The van der Waals surface area contributed by atoms with Crippen molar-refractivity contribution in [2.45, 2.75) is 58.0 Å². The Balaban J connectivity index is 1.68. The molecular formula is C28H32N4O4. The fourth-order valence-corrected chi connectivity index (χ4v) is 4.54. The minimum atomic E-state index is -0.926. The molecule has 2 N–H and O–H groups in total. The van der Waals surface area contributed by atoms with E-state index in [2.05, 4.69) is 15.6 Å². The van der Waals surface area contributed by atoms with E-state index in [1.807, 2.05) is 32.0 Å². The fourth-order valence-electron chi connectivity index (χ4n) is 4.54. The molecule has 3 amide bonds. The number of carbonyl (C=O) groups excluding carboxylic acids is 3. The lowest BCUT2D eigenvalue weighted by atomic mass is 9.94. The largest absolute Gasteiger partial charge is 0.459 e. The molecule has 0 radical (unpaired) electrons. The van der Waals surface area contributed by atoms with E-state index < -0.39 is 17.9 Å². The summed E-state index contributed by atoms with van der Waals surface area (Å²) in [6, 6.07) is 11.4. The van der Waals surface area contributed by atoms with Crippen molar-refractivity contribution in [1.29, 1.82) is 0 Å². The zero-order chi connectivity index (χ0) is 25.5. The van der Waals surface area contributed by atoms with Gasteiger partial charge < -0.3 is 15.1 Å². The minimum Gasteiger partial charge on any atom is -0.459 e. The van der Waals surface area contributed by atoms with Crippen molar-refractivity contribution in [1.82, 2.24) is 15.6 Å². The van der Waals surface area contributed by atoms with Crippen LogP contribution in [0.2, 0.25) is 0 Å². The molecule has 8 heteroatoms. The van der Waals surface area contributed by atoms with Crippen LogP contribution >= 0.6 is 0 Å². The monoisotopic (exact) mass is 488 g/mol. The number of pyridine rings is 1. The number of hydrogen-bond donors (Lipinski definition) is 2. The number of aromatic nitrogens is 1. The molecule has 1 aromatic carbocycles. The summed E-state index contributed by atoms with van der Waals surface area (Å²) in [5.74, 6) is -1.06. The molecule has 36 heavy (non-hydrogen) atoms. The number of nitrogens with zero attached hydrogens (tertiary/aromatic N) is 2. The molecule has 1 aliphatic carbocycles. The van der Waals surface area contributed by atoms with Gasteiger partial charge in [-0.25, -0.2) is 0 Å². The first-order valence-electron chi connectivity index (χ1n) is 12.4. The summed E-state index contributed by atoms with van der Waals surface area (Å²) < 4.78 is 5.13. The Morgan fingerprint density at radius 2 is 1.78 bits per heavy atom. The maximum absolute atomic E-state index is 13.8. The van der Waals surface area contributed by atoms with Crippen molar-refractivity contribution < 1.29 is 18.8 Å². The predicted molar refractivity (Wildman–Crippen MR) is 136 cm³/mol. The molecule has 0 unspecified atom stereocenters. The summed E-state index contributed by atoms with van der Waals surface area (Å²) in [4.78, 5) is 45.5. The van der Waals surface area contributed by atoms with Gasteiger partial charge in [0.2, 0.25) is 11.8 Å². The molecule has 1 fully saturated rings. The van der Waals surface area contributed by atoms with Gasteiger partial charge in [-0.1, -0.05) is 25.3 Å². The summed E-state index contributed by atoms with van der Waals surface area (Å²) in [6.45, 7) is 3.65. The van der Waals surface area contributed by atoms with Crippen LogP contribution in [-0.4, -0.2) is 35.3 Å². The van der Waals surface area contributed by atoms with Crippen LogP contribution in [-0.2, 0) is 9.59 Å². The number of amides is 3. The number of hydrogen-bond acceptors (Lipinski definition) is 5. The average Bonchev–Trinajstić information content (AvgIpc) is 3.44. The lowest BCUT2D eigenvalue weighted by molar-refractivity contribution is -0.127. The van der Waals surface area contributed by atoms with Crippen LogP contribution in [0.15, 0.2) is 65.5 Å². The van der Waals surface area contributed by atoms with E-state index in [4.69, 9.17) is 4.42 Å². The zero-order valence-electron chi connectivity index (χ0n) is 20.7. The van der Waals surface area contributed by atoms with Crippen LogP contribution in [0, 0.1) is 13.8 Å². The van der Waals surface area contributed by atoms with Gasteiger partial charge in [0.25, 0.3) is 5.91 Å². The van der Waals surface area contributed by atoms with Crippen LogP contribution < -0.4 is 15.5 Å². The Hall–Kier alpha value is -3.94. The van der Waals surface area contributed by atoms with Gasteiger partial charge in [-0.05, 0) is 79.8 Å². The lowest BCUT2D eigenvalue weighted by Gasteiger charge is -2.33. The van der Waals surface area contributed by atoms with Gasteiger partial charge in [-0.2, -0.15) is 0 Å². The van der Waals surface area contributed by atoms with Crippen molar-refractivity contribution in [3.8, 4) is 0 Å². The number of benzene rings is 1. The first kappa shape index (κ1) is 25.2. The second kappa shape index (κ2) is 11.7. The Kier molecular flexibility index (Phi) is 8.15. The second-order valence-corrected chi connectivity index (χ2v) is 9.22. The number of nitrogens with one attached hydrogen (secondary N) is 2. The molecule has 4 rings (SSSR count). The summed E-state index contributed by atoms with van der Waals surface area (Å²) >= 11 is 0. The molecule has 2 heterocycles. The SMILES string of the molecule is Cc1ccc(N(C(=O)CNC(=O)c2ccco2)[C@H](C(=O)NC2CCCCC2)c2ccncc2)cc1C. The molecule has 0 spiro atoms. The van der Waals surface area contributed by atoms with E-state index in [9.17, 15) is 14.4 Å². The molecule has 1 saturated carbocycles. The number of aryl methyl sites for hydroxylation is 2. The van der Waals surface area contributed by atoms with E-state index in [1.54, 1.807) is 30.6 Å². The van der Waals surface area contributed by atoms with Crippen molar-refractivity contribution >= 4 is 23.4 Å². The Morgan fingerprint density at radius 3 is 2.44 bits per heavy atom. The van der Waals surface area contributed by atoms with E-state index in [0.717, 1.165) is 36.8 Å². The van der Waals surface area contributed by atoms with E-state index in [1.165, 1.54) is 23.7 Å². The molecule has 0 aliphatic heterocycles. The summed E-state index contributed by atoms with van der Waals surface area (Å²) in [5.41, 5.74) is 3.29. The minimum absolute atomic E-state index is 0.0750. The molecule has 188 valence electrons. The standard InChI is InChI=1S/C28H32N4O4/c1-19-10-11-23(17-20(19)2)32(25(33)18-30-27(34)24-9-6-16-36-24)26(21-12-14-29-15-13-21)28(35)31-22-7-4-3-5-8-22/h6,9-17,22,26H,3-5,7-8,18H2,1-2H3,(H,30,34)(H,31,35)/t26-/m0/s1. The number of anilines is 1. The average molecular weight is 489 g/mol. The highest BCUT2D eigenvalue weighted by atomic mass is 16.3. The van der Waals surface area contributed by atoms with Crippen LogP contribution in [0.1, 0.15) is 65.4 Å². The van der Waals surface area contributed by atoms with Gasteiger partial charge in [0.15, 0.2) is 5.76 Å². The highest BCUT2D eigenvalue weighted by Crippen LogP contribution is 2.30. The van der Waals surface area contributed by atoms with E-state index >= 15 is 0 Å². The maximum atomic E-state index is 13.8. The van der Waals surface area contributed by atoms with Crippen LogP contribution in [0.5, 0.6) is 0 Å². The van der Waals surface area contributed by atoms with Crippen molar-refractivity contribution in [2.75, 3.05) is 11.4 Å². The molecule has 1 atom stereocenters. The van der Waals surface area contributed by atoms with Crippen molar-refractivity contribution in [3.05, 3.63) is 83.6 Å². The lowest BCUT2D eigenvalue weighted by Crippen LogP contribution is -2.49. The van der Waals surface area contributed by atoms with Crippen LogP contribution in [0.3, 0.4) is 0 Å². The normalized spacial score (nSPS) is 14.6. The number of furan rings is 1. The summed E-state index contributed by atoms with van der Waals surface area (Å²) in [7, 11) is 0. The van der Waals surface area contributed by atoms with Crippen molar-refractivity contribution in [3.63, 3.8) is 0 Å². The van der Waals surface area contributed by atoms with Crippen LogP contribution in [0.4, 0.5) is 5.69 Å². The van der Waals surface area contributed by atoms with E-state index in [0.29, 0.717) is 11.3 Å². The summed E-state index contributed by atoms with van der Waals surface area (Å²) in [5, 5.41) is 5.80. The van der Waals surface area contributed by atoms with Gasteiger partial charge in [0.1, 0.15) is 6.04 Å². The maximum Gasteiger partial charge on any atom is 0.287 e. The Morgan fingerprint density at radius 1 is 1.03 bits per heavy atom. The first-order valence-corrected chi connectivity index (χ1v) is 12.4. The van der Waals surface area contributed by atoms with Gasteiger partial charge in [0, 0.05) is 24.1 Å². The zero-order valence-corrected chi connectivity index (χ0v) is 20.7. The summed E-state index contributed by atoms with van der Waals surface area (Å²) in [6.07, 6.45) is 9.77. The van der Waals surface area contributed by atoms with Crippen molar-refractivity contribution in [2.24, 2.45) is 0 Å². The molecule has 8 nitrogen and oxygen atoms in total. The van der Waals surface area contributed by atoms with Gasteiger partial charge in [-0.3, -0.25) is 24.3 Å². The third-order valence-electron chi connectivity index (χ3n) is 6.66. The molecule has 0 bridgehead atoms. The third-order valence-corrected chi connectivity index (χ3v) is 6.66. The number of rotatable bonds is 8.